The van der Waals surface area contributed by atoms with Crippen LogP contribution in [0.5, 0.6) is 0 Å². The number of hydrogen-bond acceptors (Lipinski definition) is 3. The van der Waals surface area contributed by atoms with Crippen LogP contribution in [-0.2, 0) is 9.53 Å². The zero-order valence-electron chi connectivity index (χ0n) is 9.01. The van der Waals surface area contributed by atoms with Gasteiger partial charge in [-0.2, -0.15) is 0 Å². The second-order valence-corrected chi connectivity index (χ2v) is 4.25. The van der Waals surface area contributed by atoms with Crippen molar-refractivity contribution in [1.29, 1.82) is 0 Å². The van der Waals surface area contributed by atoms with Gasteiger partial charge in [0.25, 0.3) is 0 Å². The van der Waals surface area contributed by atoms with Crippen LogP contribution in [0.25, 0.3) is 0 Å². The molecule has 0 aromatic carbocycles. The molecule has 3 N–H and O–H groups in total. The number of ether oxygens (including phenoxy) is 1. The molecule has 1 fully saturated rings. The first-order valence-electron chi connectivity index (χ1n) is 5.21. The fourth-order valence-electron chi connectivity index (χ4n) is 1.56. The highest BCUT2D eigenvalue weighted by Gasteiger charge is 2.36. The molecule has 1 amide bonds. The number of nitrogens with one attached hydrogen (secondary N) is 1. The van der Waals surface area contributed by atoms with Crippen LogP contribution in [0.2, 0.25) is 0 Å². The fraction of sp³-hybridized carbons (Fsp3) is 0.900. The third-order valence-corrected chi connectivity index (χ3v) is 2.65. The van der Waals surface area contributed by atoms with Gasteiger partial charge in [-0.1, -0.05) is 0 Å². The van der Waals surface area contributed by atoms with Crippen molar-refractivity contribution in [3.63, 3.8) is 0 Å². The minimum atomic E-state index is -0.128. The molecule has 4 heteroatoms. The second-order valence-electron chi connectivity index (χ2n) is 4.25. The molecular formula is C10H20N2O2. The van der Waals surface area contributed by atoms with Crippen molar-refractivity contribution in [3.05, 3.63) is 0 Å². The smallest absolute Gasteiger partial charge is 0.246 e. The predicted octanol–water partition coefficient (Wildman–Crippen LogP) is 0.409. The first-order chi connectivity index (χ1) is 6.58. The Labute approximate surface area is 85.2 Å². The summed E-state index contributed by atoms with van der Waals surface area (Å²) >= 11 is 0. The zero-order chi connectivity index (χ0) is 10.6. The monoisotopic (exact) mass is 200 g/mol. The molecule has 82 valence electrons. The maximum atomic E-state index is 11.4. The Hall–Kier alpha value is -0.610. The molecule has 0 unspecified atom stereocenters. The highest BCUT2D eigenvalue weighted by molar-refractivity contribution is 5.78. The van der Waals surface area contributed by atoms with E-state index in [9.17, 15) is 4.79 Å². The zero-order valence-corrected chi connectivity index (χ0v) is 9.01. The van der Waals surface area contributed by atoms with Crippen molar-refractivity contribution in [3.8, 4) is 0 Å². The SMILES string of the molecule is CC(C)OCC(=O)NC1(CN)CCC1. The number of nitrogens with two attached hydrogens (primary N) is 1. The van der Waals surface area contributed by atoms with Crippen molar-refractivity contribution in [2.45, 2.75) is 44.8 Å². The number of carbonyl (C=O) groups is 1. The predicted molar refractivity (Wildman–Crippen MR) is 54.9 cm³/mol. The van der Waals surface area contributed by atoms with Gasteiger partial charge >= 0.3 is 0 Å². The van der Waals surface area contributed by atoms with E-state index in [0.29, 0.717) is 6.54 Å². The Morgan fingerprint density at radius 1 is 1.57 bits per heavy atom. The highest BCUT2D eigenvalue weighted by atomic mass is 16.5. The van der Waals surface area contributed by atoms with Gasteiger partial charge < -0.3 is 15.8 Å². The minimum absolute atomic E-state index is 0.0520. The first-order valence-corrected chi connectivity index (χ1v) is 5.21. The third kappa shape index (κ3) is 2.96. The molecule has 4 nitrogen and oxygen atoms in total. The molecule has 0 saturated heterocycles. The highest BCUT2D eigenvalue weighted by Crippen LogP contribution is 2.30. The van der Waals surface area contributed by atoms with Gasteiger partial charge in [0.05, 0.1) is 11.6 Å². The lowest BCUT2D eigenvalue weighted by Crippen LogP contribution is -2.59. The molecule has 1 saturated carbocycles. The van der Waals surface area contributed by atoms with E-state index in [-0.39, 0.29) is 24.2 Å². The van der Waals surface area contributed by atoms with E-state index in [0.717, 1.165) is 19.3 Å². The van der Waals surface area contributed by atoms with Gasteiger partial charge in [-0.05, 0) is 33.1 Å². The van der Waals surface area contributed by atoms with Crippen molar-refractivity contribution in [1.82, 2.24) is 5.32 Å². The molecule has 0 aromatic heterocycles. The molecule has 0 atom stereocenters. The third-order valence-electron chi connectivity index (χ3n) is 2.65. The summed E-state index contributed by atoms with van der Waals surface area (Å²) in [6, 6.07) is 0. The summed E-state index contributed by atoms with van der Waals surface area (Å²) in [7, 11) is 0. The Bertz CT molecular complexity index is 195. The molecule has 0 bridgehead atoms. The molecule has 0 aliphatic heterocycles. The Kier molecular flexibility index (Phi) is 3.89. The maximum Gasteiger partial charge on any atom is 0.246 e. The summed E-state index contributed by atoms with van der Waals surface area (Å²) in [6.45, 7) is 4.49. The largest absolute Gasteiger partial charge is 0.369 e. The van der Waals surface area contributed by atoms with Crippen molar-refractivity contribution in [2.24, 2.45) is 5.73 Å². The van der Waals surface area contributed by atoms with E-state index >= 15 is 0 Å². The standard InChI is InChI=1S/C10H20N2O2/c1-8(2)14-6-9(13)12-10(7-11)4-3-5-10/h8H,3-7,11H2,1-2H3,(H,12,13). The number of carbonyl (C=O) groups excluding carboxylic acids is 1. The van der Waals surface area contributed by atoms with Crippen LogP contribution in [0, 0.1) is 0 Å². The summed E-state index contributed by atoms with van der Waals surface area (Å²) in [5, 5.41) is 2.95. The van der Waals surface area contributed by atoms with Gasteiger partial charge in [-0.3, -0.25) is 4.79 Å². The Morgan fingerprint density at radius 3 is 2.57 bits per heavy atom. The van der Waals surface area contributed by atoms with Gasteiger partial charge in [0.2, 0.25) is 5.91 Å². The number of rotatable bonds is 5. The van der Waals surface area contributed by atoms with Crippen LogP contribution in [0.4, 0.5) is 0 Å². The fourth-order valence-corrected chi connectivity index (χ4v) is 1.56. The minimum Gasteiger partial charge on any atom is -0.369 e. The molecular weight excluding hydrogens is 180 g/mol. The molecule has 1 rings (SSSR count). The summed E-state index contributed by atoms with van der Waals surface area (Å²) < 4.78 is 5.21. The quantitative estimate of drug-likeness (QED) is 0.675. The van der Waals surface area contributed by atoms with E-state index in [1.54, 1.807) is 0 Å². The average molecular weight is 200 g/mol. The van der Waals surface area contributed by atoms with Crippen LogP contribution in [0.1, 0.15) is 33.1 Å². The Balaban J connectivity index is 2.25. The summed E-state index contributed by atoms with van der Waals surface area (Å²) in [5.74, 6) is -0.0520. The van der Waals surface area contributed by atoms with Crippen molar-refractivity contribution < 1.29 is 9.53 Å². The topological polar surface area (TPSA) is 64.3 Å². The molecule has 0 heterocycles. The second kappa shape index (κ2) is 4.75. The molecule has 0 radical (unpaired) electrons. The van der Waals surface area contributed by atoms with E-state index in [2.05, 4.69) is 5.32 Å². The van der Waals surface area contributed by atoms with Crippen LogP contribution >= 0.6 is 0 Å². The molecule has 14 heavy (non-hydrogen) atoms. The van der Waals surface area contributed by atoms with Gasteiger partial charge in [0.1, 0.15) is 6.61 Å². The van der Waals surface area contributed by atoms with E-state index in [1.807, 2.05) is 13.8 Å². The van der Waals surface area contributed by atoms with Crippen molar-refractivity contribution in [2.75, 3.05) is 13.2 Å². The van der Waals surface area contributed by atoms with Gasteiger partial charge in [0, 0.05) is 6.54 Å². The van der Waals surface area contributed by atoms with Gasteiger partial charge in [0.15, 0.2) is 0 Å². The Morgan fingerprint density at radius 2 is 2.21 bits per heavy atom. The summed E-state index contributed by atoms with van der Waals surface area (Å²) in [4.78, 5) is 11.4. The van der Waals surface area contributed by atoms with Gasteiger partial charge in [-0.15, -0.1) is 0 Å². The van der Waals surface area contributed by atoms with E-state index in [1.165, 1.54) is 0 Å². The van der Waals surface area contributed by atoms with Gasteiger partial charge in [-0.25, -0.2) is 0 Å². The first kappa shape index (κ1) is 11.5. The van der Waals surface area contributed by atoms with Crippen LogP contribution in [-0.4, -0.2) is 30.7 Å². The molecule has 1 aliphatic rings. The molecule has 1 aliphatic carbocycles. The van der Waals surface area contributed by atoms with Crippen LogP contribution in [0.15, 0.2) is 0 Å². The lowest BCUT2D eigenvalue weighted by Gasteiger charge is -2.41. The maximum absolute atomic E-state index is 11.4. The van der Waals surface area contributed by atoms with Crippen molar-refractivity contribution >= 4 is 5.91 Å². The number of hydrogen-bond donors (Lipinski definition) is 2. The number of amides is 1. The lowest BCUT2D eigenvalue weighted by atomic mass is 9.77. The molecule has 0 aromatic rings. The normalized spacial score (nSPS) is 19.1. The average Bonchev–Trinajstić information content (AvgIpc) is 2.08. The van der Waals surface area contributed by atoms with Crippen LogP contribution in [0.3, 0.4) is 0 Å². The van der Waals surface area contributed by atoms with E-state index < -0.39 is 0 Å². The summed E-state index contributed by atoms with van der Waals surface area (Å²) in [6.07, 6.45) is 3.24. The van der Waals surface area contributed by atoms with Crippen LogP contribution < -0.4 is 11.1 Å². The lowest BCUT2D eigenvalue weighted by molar-refractivity contribution is -0.130. The summed E-state index contributed by atoms with van der Waals surface area (Å²) in [5.41, 5.74) is 5.49. The molecule has 0 spiro atoms. The van der Waals surface area contributed by atoms with E-state index in [4.69, 9.17) is 10.5 Å².